The van der Waals surface area contributed by atoms with Gasteiger partial charge in [0.2, 0.25) is 0 Å². The molecule has 2 aliphatic rings. The highest BCUT2D eigenvalue weighted by Crippen LogP contribution is 2.40. The number of piperidine rings is 2. The van der Waals surface area contributed by atoms with E-state index in [-0.39, 0.29) is 5.60 Å². The molecule has 0 aromatic rings. The molecule has 0 aromatic carbocycles. The number of nitrogens with zero attached hydrogens (tertiary/aromatic N) is 1. The van der Waals surface area contributed by atoms with Gasteiger partial charge in [0, 0.05) is 12.1 Å². The van der Waals surface area contributed by atoms with E-state index in [1.807, 2.05) is 6.08 Å². The Morgan fingerprint density at radius 2 is 2.00 bits per heavy atom. The van der Waals surface area contributed by atoms with Gasteiger partial charge in [0.05, 0.1) is 5.60 Å². The minimum atomic E-state index is -0.384. The van der Waals surface area contributed by atoms with Gasteiger partial charge in [-0.25, -0.2) is 0 Å². The van der Waals surface area contributed by atoms with Crippen molar-refractivity contribution in [2.75, 3.05) is 7.05 Å². The Balaban J connectivity index is 1.94. The lowest BCUT2D eigenvalue weighted by molar-refractivity contribution is -0.0875. The maximum Gasteiger partial charge on any atom is 0.0677 e. The van der Waals surface area contributed by atoms with Crippen molar-refractivity contribution in [3.63, 3.8) is 0 Å². The minimum Gasteiger partial charge on any atom is -0.390 e. The van der Waals surface area contributed by atoms with Crippen LogP contribution in [0.2, 0.25) is 0 Å². The highest BCUT2D eigenvalue weighted by atomic mass is 16.3. The van der Waals surface area contributed by atoms with E-state index in [2.05, 4.69) is 18.5 Å². The van der Waals surface area contributed by atoms with Crippen molar-refractivity contribution in [1.29, 1.82) is 0 Å². The number of hydrogen-bond donors (Lipinski definition) is 1. The van der Waals surface area contributed by atoms with E-state index in [0.717, 1.165) is 32.1 Å². The molecule has 0 aliphatic carbocycles. The van der Waals surface area contributed by atoms with Crippen molar-refractivity contribution >= 4 is 0 Å². The number of aliphatic hydroxyl groups is 1. The first-order valence-corrected chi connectivity index (χ1v) is 6.70. The Morgan fingerprint density at radius 1 is 1.38 bits per heavy atom. The van der Waals surface area contributed by atoms with Crippen molar-refractivity contribution in [3.05, 3.63) is 12.7 Å². The molecule has 92 valence electrons. The third-order valence-electron chi connectivity index (χ3n) is 4.51. The van der Waals surface area contributed by atoms with Crippen LogP contribution < -0.4 is 0 Å². The molecule has 2 saturated heterocycles. The quantitative estimate of drug-likeness (QED) is 0.585. The second-order valence-corrected chi connectivity index (χ2v) is 5.72. The Kier molecular flexibility index (Phi) is 3.70. The van der Waals surface area contributed by atoms with Crippen molar-refractivity contribution in [2.24, 2.45) is 0 Å². The summed E-state index contributed by atoms with van der Waals surface area (Å²) in [4.78, 5) is 2.51. The maximum atomic E-state index is 10.7. The zero-order chi connectivity index (χ0) is 11.6. The summed E-state index contributed by atoms with van der Waals surface area (Å²) in [5.74, 6) is 0. The molecule has 2 heterocycles. The van der Waals surface area contributed by atoms with E-state index in [1.54, 1.807) is 0 Å². The van der Waals surface area contributed by atoms with Crippen molar-refractivity contribution in [3.8, 4) is 0 Å². The van der Waals surface area contributed by atoms with Crippen LogP contribution in [0.5, 0.6) is 0 Å². The molecule has 0 spiro atoms. The number of unbranched alkanes of at least 4 members (excludes halogenated alkanes) is 1. The fraction of sp³-hybridized carbons (Fsp3) is 0.857. The van der Waals surface area contributed by atoms with Gasteiger partial charge >= 0.3 is 0 Å². The fourth-order valence-electron chi connectivity index (χ4n) is 3.53. The van der Waals surface area contributed by atoms with Crippen LogP contribution in [-0.2, 0) is 0 Å². The van der Waals surface area contributed by atoms with Gasteiger partial charge in [0.15, 0.2) is 0 Å². The van der Waals surface area contributed by atoms with Crippen LogP contribution >= 0.6 is 0 Å². The summed E-state index contributed by atoms with van der Waals surface area (Å²) in [5, 5.41) is 10.7. The molecule has 0 radical (unpaired) electrons. The Bertz CT molecular complexity index is 237. The molecule has 2 aliphatic heterocycles. The average Bonchev–Trinajstić information content (AvgIpc) is 2.21. The van der Waals surface area contributed by atoms with Crippen molar-refractivity contribution in [2.45, 2.75) is 69.1 Å². The van der Waals surface area contributed by atoms with Gasteiger partial charge < -0.3 is 10.0 Å². The highest BCUT2D eigenvalue weighted by Gasteiger charge is 2.43. The lowest BCUT2D eigenvalue weighted by atomic mass is 9.74. The largest absolute Gasteiger partial charge is 0.390 e. The number of hydrogen-bond acceptors (Lipinski definition) is 2. The number of rotatable bonds is 4. The van der Waals surface area contributed by atoms with Crippen molar-refractivity contribution < 1.29 is 5.11 Å². The van der Waals surface area contributed by atoms with E-state index in [0.29, 0.717) is 12.1 Å². The maximum absolute atomic E-state index is 10.7. The molecule has 2 bridgehead atoms. The third kappa shape index (κ3) is 2.49. The van der Waals surface area contributed by atoms with Gasteiger partial charge in [-0.2, -0.15) is 0 Å². The third-order valence-corrected chi connectivity index (χ3v) is 4.51. The van der Waals surface area contributed by atoms with E-state index < -0.39 is 0 Å². The van der Waals surface area contributed by atoms with Crippen LogP contribution in [0.25, 0.3) is 0 Å². The summed E-state index contributed by atoms with van der Waals surface area (Å²) in [6.07, 6.45) is 10.9. The Hall–Kier alpha value is -0.340. The standard InChI is InChI=1S/C14H25NO/c1-3-4-5-9-14(16)10-12-7-6-8-13(11-14)15(12)2/h3,12-13,16H,1,4-11H2,2H3. The van der Waals surface area contributed by atoms with Crippen LogP contribution in [0.1, 0.15) is 51.4 Å². The molecule has 0 saturated carbocycles. The fourth-order valence-corrected chi connectivity index (χ4v) is 3.53. The molecular weight excluding hydrogens is 198 g/mol. The molecule has 1 N–H and O–H groups in total. The zero-order valence-electron chi connectivity index (χ0n) is 10.5. The van der Waals surface area contributed by atoms with E-state index >= 15 is 0 Å². The first-order valence-electron chi connectivity index (χ1n) is 6.70. The van der Waals surface area contributed by atoms with Gasteiger partial charge in [0.1, 0.15) is 0 Å². The molecule has 2 nitrogen and oxygen atoms in total. The second-order valence-electron chi connectivity index (χ2n) is 5.72. The zero-order valence-corrected chi connectivity index (χ0v) is 10.5. The monoisotopic (exact) mass is 223 g/mol. The van der Waals surface area contributed by atoms with Crippen molar-refractivity contribution in [1.82, 2.24) is 4.90 Å². The molecule has 2 atom stereocenters. The molecule has 2 heteroatoms. The van der Waals surface area contributed by atoms with Gasteiger partial charge in [0.25, 0.3) is 0 Å². The molecule has 0 amide bonds. The number of allylic oxidation sites excluding steroid dienone is 1. The first-order chi connectivity index (χ1) is 7.64. The summed E-state index contributed by atoms with van der Waals surface area (Å²) in [5.41, 5.74) is -0.384. The SMILES string of the molecule is C=CCCCC1(O)CC2CCCC(C1)N2C. The second kappa shape index (κ2) is 4.89. The van der Waals surface area contributed by atoms with Gasteiger partial charge in [-0.1, -0.05) is 12.5 Å². The Morgan fingerprint density at radius 3 is 2.56 bits per heavy atom. The average molecular weight is 223 g/mol. The Labute approximate surface area is 99.3 Å². The normalized spacial score (nSPS) is 39.6. The summed E-state index contributed by atoms with van der Waals surface area (Å²) in [6.45, 7) is 3.75. The molecule has 16 heavy (non-hydrogen) atoms. The van der Waals surface area contributed by atoms with E-state index in [1.165, 1.54) is 19.3 Å². The van der Waals surface area contributed by atoms with Crippen LogP contribution in [0, 0.1) is 0 Å². The molecule has 2 rings (SSSR count). The lowest BCUT2D eigenvalue weighted by Crippen LogP contribution is -2.56. The summed E-state index contributed by atoms with van der Waals surface area (Å²) >= 11 is 0. The smallest absolute Gasteiger partial charge is 0.0677 e. The summed E-state index contributed by atoms with van der Waals surface area (Å²) in [6, 6.07) is 1.25. The predicted octanol–water partition coefficient (Wildman–Crippen LogP) is 2.72. The van der Waals surface area contributed by atoms with Crippen LogP contribution in [0.3, 0.4) is 0 Å². The number of fused-ring (bicyclic) bond motifs is 2. The molecule has 2 fully saturated rings. The van der Waals surface area contributed by atoms with Gasteiger partial charge in [-0.15, -0.1) is 6.58 Å². The van der Waals surface area contributed by atoms with Gasteiger partial charge in [-0.3, -0.25) is 0 Å². The summed E-state index contributed by atoms with van der Waals surface area (Å²) in [7, 11) is 2.23. The van der Waals surface area contributed by atoms with Crippen LogP contribution in [-0.4, -0.2) is 34.7 Å². The molecule has 2 unspecified atom stereocenters. The predicted molar refractivity (Wildman–Crippen MR) is 67.4 cm³/mol. The summed E-state index contributed by atoms with van der Waals surface area (Å²) < 4.78 is 0. The topological polar surface area (TPSA) is 23.5 Å². The van der Waals surface area contributed by atoms with Crippen LogP contribution in [0.15, 0.2) is 12.7 Å². The van der Waals surface area contributed by atoms with E-state index in [4.69, 9.17) is 0 Å². The van der Waals surface area contributed by atoms with E-state index in [9.17, 15) is 5.11 Å². The highest BCUT2D eigenvalue weighted by molar-refractivity contribution is 4.98. The van der Waals surface area contributed by atoms with Crippen LogP contribution in [0.4, 0.5) is 0 Å². The molecule has 0 aromatic heterocycles. The first kappa shape index (κ1) is 12.1. The lowest BCUT2D eigenvalue weighted by Gasteiger charge is -2.50. The molecular formula is C14H25NO. The van der Waals surface area contributed by atoms with Gasteiger partial charge in [-0.05, 0) is 52.0 Å². The minimum absolute atomic E-state index is 0.384.